The molecule has 1 saturated heterocycles. The van der Waals surface area contributed by atoms with E-state index in [0.717, 1.165) is 69.9 Å². The highest BCUT2D eigenvalue weighted by atomic mass is 32.2. The number of rotatable bonds is 3. The highest BCUT2D eigenvalue weighted by Crippen LogP contribution is 2.45. The summed E-state index contributed by atoms with van der Waals surface area (Å²) in [6.45, 7) is 8.97. The molecule has 2 aliphatic rings. The maximum absolute atomic E-state index is 6.28. The average molecular weight is 492 g/mol. The summed E-state index contributed by atoms with van der Waals surface area (Å²) in [5, 5.41) is 2.02. The van der Waals surface area contributed by atoms with E-state index in [2.05, 4.69) is 67.3 Å². The van der Waals surface area contributed by atoms with E-state index in [-0.39, 0.29) is 5.60 Å². The van der Waals surface area contributed by atoms with Gasteiger partial charge in [0, 0.05) is 49.1 Å². The molecule has 0 saturated carbocycles. The van der Waals surface area contributed by atoms with Crippen molar-refractivity contribution in [2.45, 2.75) is 37.6 Å². The largest absolute Gasteiger partial charge is 0.370 e. The van der Waals surface area contributed by atoms with Gasteiger partial charge in [0.1, 0.15) is 4.83 Å². The number of piperazine rings is 1. The van der Waals surface area contributed by atoms with Gasteiger partial charge in [0.25, 0.3) is 0 Å². The van der Waals surface area contributed by atoms with Crippen molar-refractivity contribution in [3.63, 3.8) is 0 Å². The molecule has 0 atom stereocenters. The van der Waals surface area contributed by atoms with Crippen LogP contribution in [0.15, 0.2) is 35.5 Å². The van der Waals surface area contributed by atoms with Crippen molar-refractivity contribution in [1.29, 1.82) is 0 Å². The van der Waals surface area contributed by atoms with Crippen LogP contribution in [0.4, 0.5) is 5.82 Å². The van der Waals surface area contributed by atoms with Crippen LogP contribution in [0.25, 0.3) is 31.7 Å². The SMILES string of the molecule is CSc1nc(N2CCN(C)CC2)c2sc3nc(-c4ccccc4)c4c(c3c2n1)CC(C)(C)OC4. The monoisotopic (exact) mass is 491 g/mol. The van der Waals surface area contributed by atoms with Gasteiger partial charge < -0.3 is 14.5 Å². The second-order valence-corrected chi connectivity index (χ2v) is 11.6. The van der Waals surface area contributed by atoms with Crippen LogP contribution in [-0.2, 0) is 17.8 Å². The molecule has 4 aromatic rings. The molecule has 0 N–H and O–H groups in total. The molecule has 176 valence electrons. The van der Waals surface area contributed by atoms with E-state index < -0.39 is 0 Å². The molecule has 0 unspecified atom stereocenters. The summed E-state index contributed by atoms with van der Waals surface area (Å²) in [6, 6.07) is 10.5. The van der Waals surface area contributed by atoms with E-state index in [4.69, 9.17) is 19.7 Å². The van der Waals surface area contributed by atoms with Crippen molar-refractivity contribution >= 4 is 49.3 Å². The van der Waals surface area contributed by atoms with Crippen LogP contribution in [0.2, 0.25) is 0 Å². The maximum atomic E-state index is 6.28. The number of hydrogen-bond donors (Lipinski definition) is 0. The van der Waals surface area contributed by atoms with Gasteiger partial charge in [0.15, 0.2) is 11.0 Å². The fraction of sp³-hybridized carbons (Fsp3) is 0.423. The van der Waals surface area contributed by atoms with Crippen molar-refractivity contribution in [2.24, 2.45) is 0 Å². The highest BCUT2D eigenvalue weighted by Gasteiger charge is 2.33. The number of pyridine rings is 1. The van der Waals surface area contributed by atoms with Crippen molar-refractivity contribution in [2.75, 3.05) is 44.4 Å². The van der Waals surface area contributed by atoms with Gasteiger partial charge in [-0.05, 0) is 32.7 Å². The molecular weight excluding hydrogens is 462 g/mol. The molecule has 1 fully saturated rings. The van der Waals surface area contributed by atoms with Gasteiger partial charge >= 0.3 is 0 Å². The number of hydrogen-bond acceptors (Lipinski definition) is 8. The van der Waals surface area contributed by atoms with Crippen LogP contribution in [0.1, 0.15) is 25.0 Å². The molecule has 0 amide bonds. The lowest BCUT2D eigenvalue weighted by molar-refractivity contribution is -0.0394. The number of fused-ring (bicyclic) bond motifs is 5. The Morgan fingerprint density at radius 2 is 1.76 bits per heavy atom. The predicted octanol–water partition coefficient (Wildman–Crippen LogP) is 5.23. The third-order valence-corrected chi connectivity index (χ3v) is 8.50. The van der Waals surface area contributed by atoms with Crippen LogP contribution in [0.3, 0.4) is 0 Å². The van der Waals surface area contributed by atoms with Gasteiger partial charge in [0.05, 0.1) is 28.1 Å². The maximum Gasteiger partial charge on any atom is 0.189 e. The Kier molecular flexibility index (Phi) is 5.52. The van der Waals surface area contributed by atoms with E-state index in [1.54, 1.807) is 23.1 Å². The molecule has 2 aliphatic heterocycles. The van der Waals surface area contributed by atoms with Gasteiger partial charge in [0.2, 0.25) is 0 Å². The van der Waals surface area contributed by atoms with Crippen LogP contribution in [0, 0.1) is 0 Å². The molecule has 0 spiro atoms. The van der Waals surface area contributed by atoms with E-state index in [0.29, 0.717) is 6.61 Å². The quantitative estimate of drug-likeness (QED) is 0.287. The molecule has 8 heteroatoms. The molecule has 3 aromatic heterocycles. The van der Waals surface area contributed by atoms with E-state index >= 15 is 0 Å². The Hall–Kier alpha value is -2.26. The molecular formula is C26H29N5OS2. The van der Waals surface area contributed by atoms with E-state index in [9.17, 15) is 0 Å². The summed E-state index contributed by atoms with van der Waals surface area (Å²) in [7, 11) is 2.19. The fourth-order valence-corrected chi connectivity index (χ4v) is 6.52. The topological polar surface area (TPSA) is 54.4 Å². The zero-order valence-corrected chi connectivity index (χ0v) is 21.7. The Bertz CT molecular complexity index is 1380. The first-order valence-electron chi connectivity index (χ1n) is 11.8. The molecule has 5 heterocycles. The summed E-state index contributed by atoms with van der Waals surface area (Å²) in [4.78, 5) is 21.1. The second kappa shape index (κ2) is 8.45. The lowest BCUT2D eigenvalue weighted by atomic mass is 9.88. The first-order valence-corrected chi connectivity index (χ1v) is 13.8. The minimum absolute atomic E-state index is 0.223. The normalized spacial score (nSPS) is 18.5. The number of anilines is 1. The van der Waals surface area contributed by atoms with E-state index in [1.807, 2.05) is 0 Å². The van der Waals surface area contributed by atoms with Crippen LogP contribution in [0.5, 0.6) is 0 Å². The van der Waals surface area contributed by atoms with Crippen LogP contribution >= 0.6 is 23.1 Å². The predicted molar refractivity (Wildman–Crippen MR) is 142 cm³/mol. The van der Waals surface area contributed by atoms with Crippen LogP contribution < -0.4 is 4.90 Å². The van der Waals surface area contributed by atoms with Crippen molar-refractivity contribution in [3.05, 3.63) is 41.5 Å². The second-order valence-electron chi connectivity index (χ2n) is 9.79. The van der Waals surface area contributed by atoms with Crippen LogP contribution in [-0.4, -0.2) is 64.9 Å². The smallest absolute Gasteiger partial charge is 0.189 e. The third-order valence-electron chi connectivity index (χ3n) is 6.88. The number of thioether (sulfide) groups is 1. The van der Waals surface area contributed by atoms with Gasteiger partial charge in [-0.15, -0.1) is 11.3 Å². The highest BCUT2D eigenvalue weighted by molar-refractivity contribution is 7.98. The standard InChI is InChI=1S/C26H29N5OS2/c1-26(2)14-17-18(15-32-26)20(16-8-6-5-7-9-16)27-24-19(17)21-22(34-24)23(29-25(28-21)33-4)31-12-10-30(3)11-13-31/h5-9H,10-15H2,1-4H3. The summed E-state index contributed by atoms with van der Waals surface area (Å²) in [6.07, 6.45) is 2.90. The Morgan fingerprint density at radius 3 is 2.50 bits per heavy atom. The summed E-state index contributed by atoms with van der Waals surface area (Å²) in [5.41, 5.74) is 5.53. The van der Waals surface area contributed by atoms with Crippen molar-refractivity contribution in [1.82, 2.24) is 19.9 Å². The average Bonchev–Trinajstić information content (AvgIpc) is 3.22. The third kappa shape index (κ3) is 3.77. The van der Waals surface area contributed by atoms with Crippen molar-refractivity contribution < 1.29 is 4.74 Å². The van der Waals surface area contributed by atoms with Gasteiger partial charge in [-0.25, -0.2) is 15.0 Å². The number of thiophene rings is 1. The lowest BCUT2D eigenvalue weighted by Gasteiger charge is -2.33. The first-order chi connectivity index (χ1) is 16.4. The summed E-state index contributed by atoms with van der Waals surface area (Å²) < 4.78 is 7.43. The van der Waals surface area contributed by atoms with Crippen molar-refractivity contribution in [3.8, 4) is 11.3 Å². The lowest BCUT2D eigenvalue weighted by Crippen LogP contribution is -2.44. The molecule has 34 heavy (non-hydrogen) atoms. The molecule has 0 radical (unpaired) electrons. The first kappa shape index (κ1) is 22.2. The minimum Gasteiger partial charge on any atom is -0.370 e. The molecule has 0 aliphatic carbocycles. The Balaban J connectivity index is 1.65. The Labute approximate surface area is 208 Å². The molecule has 6 rings (SSSR count). The number of nitrogens with zero attached hydrogens (tertiary/aromatic N) is 5. The zero-order valence-electron chi connectivity index (χ0n) is 20.1. The Morgan fingerprint density at radius 1 is 1.00 bits per heavy atom. The van der Waals surface area contributed by atoms with E-state index in [1.165, 1.54) is 16.5 Å². The molecule has 1 aromatic carbocycles. The fourth-order valence-electron chi connectivity index (χ4n) is 5.00. The number of benzene rings is 1. The summed E-state index contributed by atoms with van der Waals surface area (Å²) in [5.74, 6) is 1.06. The van der Waals surface area contributed by atoms with Gasteiger partial charge in [-0.3, -0.25) is 0 Å². The number of likely N-dealkylation sites (N-methyl/N-ethyl adjacent to an activating group) is 1. The number of aromatic nitrogens is 3. The minimum atomic E-state index is -0.223. The molecule has 0 bridgehead atoms. The summed E-state index contributed by atoms with van der Waals surface area (Å²) >= 11 is 3.35. The van der Waals surface area contributed by atoms with Gasteiger partial charge in [-0.2, -0.15) is 0 Å². The van der Waals surface area contributed by atoms with Gasteiger partial charge in [-0.1, -0.05) is 42.1 Å². The molecule has 6 nitrogen and oxygen atoms in total. The number of ether oxygens (including phenoxy) is 1. The zero-order chi connectivity index (χ0) is 23.4.